The van der Waals surface area contributed by atoms with Crippen LogP contribution in [0.4, 0.5) is 5.82 Å². The van der Waals surface area contributed by atoms with Crippen LogP contribution in [0.3, 0.4) is 0 Å². The highest BCUT2D eigenvalue weighted by molar-refractivity contribution is 5.68. The molecule has 2 heterocycles. The second-order valence-corrected chi connectivity index (χ2v) is 4.46. The van der Waals surface area contributed by atoms with E-state index in [0.717, 1.165) is 11.3 Å². The van der Waals surface area contributed by atoms with Crippen molar-refractivity contribution in [3.63, 3.8) is 0 Å². The molecule has 0 amide bonds. The summed E-state index contributed by atoms with van der Waals surface area (Å²) < 4.78 is 2.01. The Hall–Kier alpha value is -1.51. The quantitative estimate of drug-likeness (QED) is 0.747. The monoisotopic (exact) mass is 189 g/mol. The fourth-order valence-corrected chi connectivity index (χ4v) is 1.39. The lowest BCUT2D eigenvalue weighted by molar-refractivity contribution is 0.632. The van der Waals surface area contributed by atoms with Crippen LogP contribution in [0.5, 0.6) is 0 Å². The van der Waals surface area contributed by atoms with E-state index in [2.05, 4.69) is 37.1 Å². The first-order valence-electron chi connectivity index (χ1n) is 4.76. The summed E-state index contributed by atoms with van der Waals surface area (Å²) in [6.45, 7) is 6.38. The van der Waals surface area contributed by atoms with Crippen molar-refractivity contribution in [1.82, 2.24) is 9.38 Å². The minimum atomic E-state index is 0.0463. The van der Waals surface area contributed by atoms with Gasteiger partial charge in [-0.1, -0.05) is 6.07 Å². The maximum Gasteiger partial charge on any atom is 0.152 e. The Morgan fingerprint density at radius 1 is 1.29 bits per heavy atom. The summed E-state index contributed by atoms with van der Waals surface area (Å²) in [5.74, 6) is 0.943. The molecule has 0 aliphatic heterocycles. The predicted octanol–water partition coefficient (Wildman–Crippen LogP) is 2.54. The van der Waals surface area contributed by atoms with Gasteiger partial charge in [0.25, 0.3) is 0 Å². The SMILES string of the molecule is CC(C)(C)Nc1ncn2ccccc12. The molecule has 0 atom stereocenters. The summed E-state index contributed by atoms with van der Waals surface area (Å²) >= 11 is 0. The molecule has 74 valence electrons. The van der Waals surface area contributed by atoms with Crippen LogP contribution in [0.2, 0.25) is 0 Å². The van der Waals surface area contributed by atoms with E-state index < -0.39 is 0 Å². The van der Waals surface area contributed by atoms with Crippen LogP contribution in [0.1, 0.15) is 20.8 Å². The van der Waals surface area contributed by atoms with Crippen LogP contribution in [-0.2, 0) is 0 Å². The summed E-state index contributed by atoms with van der Waals surface area (Å²) in [6, 6.07) is 6.07. The van der Waals surface area contributed by atoms with Crippen LogP contribution < -0.4 is 5.32 Å². The van der Waals surface area contributed by atoms with Gasteiger partial charge in [0.1, 0.15) is 6.33 Å². The van der Waals surface area contributed by atoms with E-state index >= 15 is 0 Å². The average Bonchev–Trinajstić information content (AvgIpc) is 2.47. The number of aromatic nitrogens is 2. The first kappa shape index (κ1) is 9.06. The number of fused-ring (bicyclic) bond motifs is 1. The molecule has 0 bridgehead atoms. The van der Waals surface area contributed by atoms with Gasteiger partial charge >= 0.3 is 0 Å². The number of nitrogens with one attached hydrogen (secondary N) is 1. The number of pyridine rings is 1. The van der Waals surface area contributed by atoms with Crippen molar-refractivity contribution in [2.75, 3.05) is 5.32 Å². The Morgan fingerprint density at radius 3 is 2.79 bits per heavy atom. The molecule has 0 radical (unpaired) electrons. The summed E-state index contributed by atoms with van der Waals surface area (Å²) in [5, 5.41) is 3.37. The highest BCUT2D eigenvalue weighted by Gasteiger charge is 2.12. The molecular weight excluding hydrogens is 174 g/mol. The summed E-state index contributed by atoms with van der Waals surface area (Å²) in [5.41, 5.74) is 1.16. The Morgan fingerprint density at radius 2 is 2.07 bits per heavy atom. The molecule has 0 aromatic carbocycles. The molecule has 0 saturated heterocycles. The summed E-state index contributed by atoms with van der Waals surface area (Å²) in [7, 11) is 0. The molecule has 2 rings (SSSR count). The highest BCUT2D eigenvalue weighted by atomic mass is 15.1. The van der Waals surface area contributed by atoms with Crippen molar-refractivity contribution in [2.45, 2.75) is 26.3 Å². The van der Waals surface area contributed by atoms with Crippen LogP contribution in [0, 0.1) is 0 Å². The van der Waals surface area contributed by atoms with Crippen molar-refractivity contribution < 1.29 is 0 Å². The standard InChI is InChI=1S/C11H15N3/c1-11(2,3)13-10-9-6-4-5-7-14(9)8-12-10/h4-8,13H,1-3H3. The Bertz CT molecular complexity index is 437. The lowest BCUT2D eigenvalue weighted by Crippen LogP contribution is -2.26. The predicted molar refractivity (Wildman–Crippen MR) is 58.6 cm³/mol. The van der Waals surface area contributed by atoms with Gasteiger partial charge in [0.05, 0.1) is 5.52 Å². The van der Waals surface area contributed by atoms with E-state index in [1.807, 2.05) is 29.1 Å². The molecule has 2 aromatic heterocycles. The maximum absolute atomic E-state index is 4.33. The lowest BCUT2D eigenvalue weighted by atomic mass is 10.1. The second-order valence-electron chi connectivity index (χ2n) is 4.46. The first-order chi connectivity index (χ1) is 6.56. The zero-order valence-electron chi connectivity index (χ0n) is 8.78. The fraction of sp³-hybridized carbons (Fsp3) is 0.364. The van der Waals surface area contributed by atoms with Crippen molar-refractivity contribution in [3.05, 3.63) is 30.7 Å². The molecule has 2 aromatic rings. The Balaban J connectivity index is 2.44. The van der Waals surface area contributed by atoms with Gasteiger partial charge in [-0.2, -0.15) is 0 Å². The molecule has 0 aliphatic rings. The van der Waals surface area contributed by atoms with E-state index in [4.69, 9.17) is 0 Å². The van der Waals surface area contributed by atoms with Crippen molar-refractivity contribution in [1.29, 1.82) is 0 Å². The normalized spacial score (nSPS) is 11.9. The largest absolute Gasteiger partial charge is 0.364 e. The van der Waals surface area contributed by atoms with Gasteiger partial charge in [-0.3, -0.25) is 0 Å². The average molecular weight is 189 g/mol. The molecule has 1 N–H and O–H groups in total. The third-order valence-corrected chi connectivity index (χ3v) is 1.94. The van der Waals surface area contributed by atoms with Crippen LogP contribution in [-0.4, -0.2) is 14.9 Å². The molecule has 0 spiro atoms. The van der Waals surface area contributed by atoms with Crippen molar-refractivity contribution >= 4 is 11.3 Å². The number of hydrogen-bond acceptors (Lipinski definition) is 2. The number of rotatable bonds is 1. The van der Waals surface area contributed by atoms with E-state index in [0.29, 0.717) is 0 Å². The van der Waals surface area contributed by atoms with Gasteiger partial charge in [-0.25, -0.2) is 4.98 Å². The van der Waals surface area contributed by atoms with Gasteiger partial charge in [0.2, 0.25) is 0 Å². The minimum Gasteiger partial charge on any atom is -0.364 e. The molecule has 3 heteroatoms. The highest BCUT2D eigenvalue weighted by Crippen LogP contribution is 2.18. The number of imidazole rings is 1. The fourth-order valence-electron chi connectivity index (χ4n) is 1.39. The third kappa shape index (κ3) is 1.71. The van der Waals surface area contributed by atoms with E-state index in [1.165, 1.54) is 0 Å². The van der Waals surface area contributed by atoms with Gasteiger partial charge in [0, 0.05) is 11.7 Å². The number of anilines is 1. The second kappa shape index (κ2) is 3.01. The van der Waals surface area contributed by atoms with Gasteiger partial charge < -0.3 is 9.72 Å². The van der Waals surface area contributed by atoms with Gasteiger partial charge in [0.15, 0.2) is 5.82 Å². The topological polar surface area (TPSA) is 29.3 Å². The minimum absolute atomic E-state index is 0.0463. The van der Waals surface area contributed by atoms with E-state index in [-0.39, 0.29) is 5.54 Å². The number of nitrogens with zero attached hydrogens (tertiary/aromatic N) is 2. The Labute approximate surface area is 83.8 Å². The summed E-state index contributed by atoms with van der Waals surface area (Å²) in [6.07, 6.45) is 3.82. The molecule has 3 nitrogen and oxygen atoms in total. The zero-order valence-corrected chi connectivity index (χ0v) is 8.78. The third-order valence-electron chi connectivity index (χ3n) is 1.94. The lowest BCUT2D eigenvalue weighted by Gasteiger charge is -2.20. The van der Waals surface area contributed by atoms with Crippen LogP contribution >= 0.6 is 0 Å². The van der Waals surface area contributed by atoms with Gasteiger partial charge in [-0.15, -0.1) is 0 Å². The van der Waals surface area contributed by atoms with Crippen molar-refractivity contribution in [3.8, 4) is 0 Å². The molecule has 0 fully saturated rings. The Kier molecular flexibility index (Phi) is 1.95. The number of hydrogen-bond donors (Lipinski definition) is 1. The smallest absolute Gasteiger partial charge is 0.152 e. The zero-order chi connectivity index (χ0) is 10.2. The van der Waals surface area contributed by atoms with E-state index in [9.17, 15) is 0 Å². The molecule has 0 saturated carbocycles. The van der Waals surface area contributed by atoms with Crippen molar-refractivity contribution in [2.24, 2.45) is 0 Å². The summed E-state index contributed by atoms with van der Waals surface area (Å²) in [4.78, 5) is 4.33. The molecular formula is C11H15N3. The first-order valence-corrected chi connectivity index (χ1v) is 4.76. The molecule has 0 aliphatic carbocycles. The van der Waals surface area contributed by atoms with Crippen LogP contribution in [0.15, 0.2) is 30.7 Å². The van der Waals surface area contributed by atoms with Crippen LogP contribution in [0.25, 0.3) is 5.52 Å². The molecule has 0 unspecified atom stereocenters. The molecule has 14 heavy (non-hydrogen) atoms. The van der Waals surface area contributed by atoms with E-state index in [1.54, 1.807) is 0 Å². The van der Waals surface area contributed by atoms with Gasteiger partial charge in [-0.05, 0) is 32.9 Å². The maximum atomic E-state index is 4.33.